The van der Waals surface area contributed by atoms with Crippen LogP contribution in [0, 0.1) is 0 Å². The van der Waals surface area contributed by atoms with Crippen LogP contribution < -0.4 is 10.6 Å². The molecule has 0 aliphatic carbocycles. The molecule has 27 heavy (non-hydrogen) atoms. The number of hydrogen-bond donors (Lipinski definition) is 2. The number of carbonyl (C=O) groups is 2. The van der Waals surface area contributed by atoms with Gasteiger partial charge in [0.25, 0.3) is 0 Å². The largest absolute Gasteiger partial charge is 0.381 e. The first-order valence-electron chi connectivity index (χ1n) is 8.05. The van der Waals surface area contributed by atoms with E-state index in [1.807, 2.05) is 14.1 Å². The fraction of sp³-hybridized carbons (Fsp3) is 0.900. The van der Waals surface area contributed by atoms with Crippen LogP contribution in [0.5, 0.6) is 0 Å². The van der Waals surface area contributed by atoms with Crippen LogP contribution in [0.4, 0.5) is 0 Å². The fourth-order valence-electron chi connectivity index (χ4n) is 1.35. The average molecular weight is 399 g/mol. The number of Topliss-reactive ketones (excluding diaryl/α,β-unsaturated/α-hetero) is 2. The van der Waals surface area contributed by atoms with Crippen molar-refractivity contribution >= 4 is 11.6 Å². The predicted octanol–water partition coefficient (Wildman–Crippen LogP) is 2.96. The predicted molar refractivity (Wildman–Crippen MR) is 118 cm³/mol. The van der Waals surface area contributed by atoms with Crippen LogP contribution >= 0.6 is 0 Å². The molecule has 0 aliphatic rings. The van der Waals surface area contributed by atoms with Crippen molar-refractivity contribution in [3.8, 4) is 0 Å². The summed E-state index contributed by atoms with van der Waals surface area (Å²) in [5.41, 5.74) is 0. The van der Waals surface area contributed by atoms with Crippen molar-refractivity contribution in [1.29, 1.82) is 0 Å². The Balaban J connectivity index is -0.0000000713. The molecule has 170 valence electrons. The third kappa shape index (κ3) is 51.7. The molecule has 0 aromatic rings. The first-order chi connectivity index (χ1) is 11.0. The van der Waals surface area contributed by atoms with E-state index in [1.165, 1.54) is 13.8 Å². The average Bonchev–Trinajstić information content (AvgIpc) is 2.50. The van der Waals surface area contributed by atoms with Crippen molar-refractivity contribution in [3.63, 3.8) is 0 Å². The Morgan fingerprint density at radius 2 is 0.963 bits per heavy atom. The summed E-state index contributed by atoms with van der Waals surface area (Å²) in [6.07, 6.45) is 2.21. The summed E-state index contributed by atoms with van der Waals surface area (Å²) >= 11 is 0. The smallest absolute Gasteiger partial charge is 0.155 e. The number of ketones is 2. The van der Waals surface area contributed by atoms with E-state index < -0.39 is 0 Å². The second kappa shape index (κ2) is 36.1. The minimum atomic E-state index is -0.0124. The van der Waals surface area contributed by atoms with Crippen molar-refractivity contribution in [1.82, 2.24) is 10.6 Å². The number of ether oxygens (including phenoxy) is 3. The van der Waals surface area contributed by atoms with Crippen LogP contribution in [-0.2, 0) is 23.8 Å². The second-order valence-corrected chi connectivity index (χ2v) is 5.04. The number of hydrogen-bond acceptors (Lipinski definition) is 7. The number of carbonyl (C=O) groups excluding carboxylic acids is 2. The molecule has 0 heterocycles. The molecule has 0 aromatic heterocycles. The lowest BCUT2D eigenvalue weighted by atomic mass is 10.4. The Kier molecular flexibility index (Phi) is 54.5. The SMILES string of the molecule is C.C.C.C.CC(=O)COCCOCC(C)=O.CNCCCOCCCNC. The molecule has 0 amide bonds. The molecule has 2 N–H and O–H groups in total. The Hall–Kier alpha value is -0.860. The van der Waals surface area contributed by atoms with Crippen LogP contribution in [-0.4, -0.2) is 78.4 Å². The van der Waals surface area contributed by atoms with Gasteiger partial charge in [0.15, 0.2) is 11.6 Å². The highest BCUT2D eigenvalue weighted by molar-refractivity contribution is 5.77. The highest BCUT2D eigenvalue weighted by Gasteiger charge is 1.94. The van der Waals surface area contributed by atoms with Gasteiger partial charge in [-0.25, -0.2) is 0 Å². The summed E-state index contributed by atoms with van der Waals surface area (Å²) < 4.78 is 15.1. The molecule has 0 spiro atoms. The van der Waals surface area contributed by atoms with Gasteiger partial charge in [0, 0.05) is 13.2 Å². The van der Waals surface area contributed by atoms with E-state index in [1.54, 1.807) is 0 Å². The summed E-state index contributed by atoms with van der Waals surface area (Å²) in [5, 5.41) is 6.15. The molecule has 0 bridgehead atoms. The fourth-order valence-corrected chi connectivity index (χ4v) is 1.35. The van der Waals surface area contributed by atoms with Crippen molar-refractivity contribution < 1.29 is 23.8 Å². The second-order valence-electron chi connectivity index (χ2n) is 5.04. The highest BCUT2D eigenvalue weighted by Crippen LogP contribution is 1.83. The van der Waals surface area contributed by atoms with Crippen LogP contribution in [0.15, 0.2) is 0 Å². The minimum Gasteiger partial charge on any atom is -0.381 e. The molecule has 0 aromatic carbocycles. The van der Waals surface area contributed by atoms with Crippen molar-refractivity contribution in [2.75, 3.05) is 66.8 Å². The molecule has 0 radical (unpaired) electrons. The van der Waals surface area contributed by atoms with E-state index in [2.05, 4.69) is 10.6 Å². The van der Waals surface area contributed by atoms with E-state index in [0.29, 0.717) is 13.2 Å². The summed E-state index contributed by atoms with van der Waals surface area (Å²) in [6.45, 7) is 7.70. The van der Waals surface area contributed by atoms with Gasteiger partial charge in [0.1, 0.15) is 13.2 Å². The van der Waals surface area contributed by atoms with Gasteiger partial charge in [0.05, 0.1) is 13.2 Å². The van der Waals surface area contributed by atoms with Crippen molar-refractivity contribution in [3.05, 3.63) is 0 Å². The van der Waals surface area contributed by atoms with E-state index in [-0.39, 0.29) is 54.5 Å². The van der Waals surface area contributed by atoms with E-state index >= 15 is 0 Å². The lowest BCUT2D eigenvalue weighted by Gasteiger charge is -2.02. The number of nitrogens with one attached hydrogen (secondary N) is 2. The standard InChI is InChI=1S/C8H20N2O.C8H14O4.4CH4/c1-9-5-3-7-11-8-4-6-10-2;1-7(9)5-11-3-4-12-6-8(2)10;;;;/h9-10H,3-8H2,1-2H3;3-6H2,1-2H3;4*1H4. The first kappa shape index (κ1) is 40.7. The molecular weight excluding hydrogens is 348 g/mol. The molecule has 0 saturated heterocycles. The van der Waals surface area contributed by atoms with Crippen molar-refractivity contribution in [2.24, 2.45) is 0 Å². The molecule has 7 nitrogen and oxygen atoms in total. The van der Waals surface area contributed by atoms with Crippen LogP contribution in [0.2, 0.25) is 0 Å². The maximum Gasteiger partial charge on any atom is 0.155 e. The lowest BCUT2D eigenvalue weighted by Crippen LogP contribution is -2.13. The topological polar surface area (TPSA) is 85.9 Å². The van der Waals surface area contributed by atoms with Gasteiger partial charge < -0.3 is 24.8 Å². The summed E-state index contributed by atoms with van der Waals surface area (Å²) in [5.74, 6) is -0.0249. The normalized spacial score (nSPS) is 8.59. The summed E-state index contributed by atoms with van der Waals surface area (Å²) in [6, 6.07) is 0. The maximum absolute atomic E-state index is 10.4. The molecule has 0 unspecified atom stereocenters. The Labute approximate surface area is 169 Å². The summed E-state index contributed by atoms with van der Waals surface area (Å²) in [7, 11) is 3.92. The molecule has 0 rings (SSSR count). The van der Waals surface area contributed by atoms with Gasteiger partial charge in [-0.05, 0) is 53.9 Å². The van der Waals surface area contributed by atoms with Gasteiger partial charge in [0.2, 0.25) is 0 Å². The minimum absolute atomic E-state index is 0. The number of rotatable bonds is 15. The van der Waals surface area contributed by atoms with E-state index in [0.717, 1.165) is 39.1 Å². The molecular formula is C20H50N2O5. The van der Waals surface area contributed by atoms with E-state index in [4.69, 9.17) is 14.2 Å². The molecule has 0 aliphatic heterocycles. The van der Waals surface area contributed by atoms with Crippen LogP contribution in [0.3, 0.4) is 0 Å². The maximum atomic E-state index is 10.4. The van der Waals surface area contributed by atoms with Crippen LogP contribution in [0.1, 0.15) is 56.4 Å². The zero-order valence-corrected chi connectivity index (χ0v) is 15.1. The Morgan fingerprint density at radius 3 is 1.22 bits per heavy atom. The zero-order chi connectivity index (χ0) is 17.8. The van der Waals surface area contributed by atoms with Gasteiger partial charge >= 0.3 is 0 Å². The Morgan fingerprint density at radius 1 is 0.630 bits per heavy atom. The van der Waals surface area contributed by atoms with Gasteiger partial charge in [-0.3, -0.25) is 9.59 Å². The Bertz CT molecular complexity index is 251. The third-order valence-electron chi connectivity index (χ3n) is 2.41. The summed E-state index contributed by atoms with van der Waals surface area (Å²) in [4.78, 5) is 20.7. The first-order valence-corrected chi connectivity index (χ1v) is 8.05. The van der Waals surface area contributed by atoms with Gasteiger partial charge in [-0.2, -0.15) is 0 Å². The molecule has 0 atom stereocenters. The monoisotopic (exact) mass is 398 g/mol. The molecule has 0 saturated carbocycles. The zero-order valence-electron chi connectivity index (χ0n) is 15.1. The van der Waals surface area contributed by atoms with E-state index in [9.17, 15) is 9.59 Å². The lowest BCUT2D eigenvalue weighted by molar-refractivity contribution is -0.124. The quantitative estimate of drug-likeness (QED) is 0.410. The van der Waals surface area contributed by atoms with Crippen molar-refractivity contribution in [2.45, 2.75) is 56.4 Å². The molecule has 0 fully saturated rings. The third-order valence-corrected chi connectivity index (χ3v) is 2.41. The van der Waals surface area contributed by atoms with Gasteiger partial charge in [-0.15, -0.1) is 0 Å². The highest BCUT2D eigenvalue weighted by atomic mass is 16.5. The van der Waals surface area contributed by atoms with Crippen LogP contribution in [0.25, 0.3) is 0 Å². The molecule has 7 heteroatoms. The van der Waals surface area contributed by atoms with Gasteiger partial charge in [-0.1, -0.05) is 29.7 Å².